The van der Waals surface area contributed by atoms with E-state index in [4.69, 9.17) is 4.74 Å². The van der Waals surface area contributed by atoms with E-state index in [2.05, 4.69) is 16.7 Å². The van der Waals surface area contributed by atoms with Crippen molar-refractivity contribution in [3.8, 4) is 0 Å². The van der Waals surface area contributed by atoms with Crippen molar-refractivity contribution in [3.63, 3.8) is 0 Å². The monoisotopic (exact) mass is 381 g/mol. The number of sulfonamides is 1. The van der Waals surface area contributed by atoms with Gasteiger partial charge in [-0.3, -0.25) is 4.79 Å². The highest BCUT2D eigenvalue weighted by Crippen LogP contribution is 2.31. The largest absolute Gasteiger partial charge is 0.385 e. The number of hydrogen-bond acceptors (Lipinski definition) is 5. The van der Waals surface area contributed by atoms with E-state index in [0.717, 1.165) is 19.5 Å². The molecule has 2 aliphatic rings. The van der Waals surface area contributed by atoms with Gasteiger partial charge < -0.3 is 14.5 Å². The highest BCUT2D eigenvalue weighted by molar-refractivity contribution is 7.89. The standard InChI is InChI=1S/C18H27N3O4S/c1-20-9-7-15-12-21(13-17(15)20)18(22)14-5-3-6-16(11-14)26(23,24)19-8-4-10-25-2/h3,5-6,11,15,17,19H,4,7-10,12-13H2,1-2H3. The molecule has 8 heteroatoms. The second-order valence-corrected chi connectivity index (χ2v) is 8.85. The second-order valence-electron chi connectivity index (χ2n) is 7.08. The van der Waals surface area contributed by atoms with Gasteiger partial charge in [0.1, 0.15) is 0 Å². The molecule has 0 saturated carbocycles. The van der Waals surface area contributed by atoms with Gasteiger partial charge in [0, 0.05) is 45.0 Å². The summed E-state index contributed by atoms with van der Waals surface area (Å²) in [6.45, 7) is 3.34. The molecule has 2 saturated heterocycles. The van der Waals surface area contributed by atoms with Crippen LogP contribution in [0.25, 0.3) is 0 Å². The zero-order valence-corrected chi connectivity index (χ0v) is 16.2. The highest BCUT2D eigenvalue weighted by atomic mass is 32.2. The van der Waals surface area contributed by atoms with Crippen LogP contribution in [0.2, 0.25) is 0 Å². The minimum absolute atomic E-state index is 0.0933. The summed E-state index contributed by atoms with van der Waals surface area (Å²) >= 11 is 0. The summed E-state index contributed by atoms with van der Waals surface area (Å²) in [6.07, 6.45) is 1.71. The smallest absolute Gasteiger partial charge is 0.253 e. The highest BCUT2D eigenvalue weighted by Gasteiger charge is 2.41. The molecule has 1 aromatic carbocycles. The van der Waals surface area contributed by atoms with Crippen LogP contribution in [0.1, 0.15) is 23.2 Å². The van der Waals surface area contributed by atoms with Crippen molar-refractivity contribution >= 4 is 15.9 Å². The molecule has 0 bridgehead atoms. The first-order valence-corrected chi connectivity index (χ1v) is 10.5. The van der Waals surface area contributed by atoms with Crippen LogP contribution < -0.4 is 4.72 Å². The van der Waals surface area contributed by atoms with Gasteiger partial charge in [0.2, 0.25) is 10.0 Å². The first kappa shape index (κ1) is 19.3. The number of carbonyl (C=O) groups excluding carboxylic acids is 1. The number of likely N-dealkylation sites (tertiary alicyclic amines) is 2. The molecule has 3 rings (SSSR count). The molecule has 0 aromatic heterocycles. The molecule has 1 aromatic rings. The van der Waals surface area contributed by atoms with Crippen LogP contribution in [0.3, 0.4) is 0 Å². The number of fused-ring (bicyclic) bond motifs is 1. The lowest BCUT2D eigenvalue weighted by Gasteiger charge is -2.21. The molecule has 2 atom stereocenters. The number of likely N-dealkylation sites (N-methyl/N-ethyl adjacent to an activating group) is 1. The fourth-order valence-electron chi connectivity index (χ4n) is 3.82. The molecule has 1 amide bonds. The number of rotatable bonds is 7. The lowest BCUT2D eigenvalue weighted by Crippen LogP contribution is -2.35. The van der Waals surface area contributed by atoms with Gasteiger partial charge in [0.05, 0.1) is 4.90 Å². The third-order valence-corrected chi connectivity index (χ3v) is 6.78. The van der Waals surface area contributed by atoms with E-state index in [-0.39, 0.29) is 10.8 Å². The third-order valence-electron chi connectivity index (χ3n) is 5.32. The molecular formula is C18H27N3O4S. The quantitative estimate of drug-likeness (QED) is 0.706. The molecule has 7 nitrogen and oxygen atoms in total. The second kappa shape index (κ2) is 8.04. The van der Waals surface area contributed by atoms with E-state index in [0.29, 0.717) is 43.6 Å². The Bertz CT molecular complexity index is 753. The van der Waals surface area contributed by atoms with Gasteiger partial charge in [-0.05, 0) is 50.6 Å². The van der Waals surface area contributed by atoms with Gasteiger partial charge in [0.15, 0.2) is 0 Å². The van der Waals surface area contributed by atoms with E-state index in [1.165, 1.54) is 12.1 Å². The summed E-state index contributed by atoms with van der Waals surface area (Å²) in [4.78, 5) is 17.1. The van der Waals surface area contributed by atoms with Gasteiger partial charge in [-0.25, -0.2) is 13.1 Å². The first-order chi connectivity index (χ1) is 12.4. The number of methoxy groups -OCH3 is 1. The summed E-state index contributed by atoms with van der Waals surface area (Å²) in [6, 6.07) is 6.72. The average Bonchev–Trinajstić information content (AvgIpc) is 3.20. The van der Waals surface area contributed by atoms with Crippen LogP contribution in [0.15, 0.2) is 29.2 Å². The molecule has 1 N–H and O–H groups in total. The number of benzene rings is 1. The topological polar surface area (TPSA) is 78.9 Å². The van der Waals surface area contributed by atoms with Crippen LogP contribution in [0, 0.1) is 5.92 Å². The van der Waals surface area contributed by atoms with Crippen LogP contribution in [0.5, 0.6) is 0 Å². The van der Waals surface area contributed by atoms with Gasteiger partial charge in [0.25, 0.3) is 5.91 Å². The maximum Gasteiger partial charge on any atom is 0.253 e. The van der Waals surface area contributed by atoms with Crippen molar-refractivity contribution in [2.75, 3.05) is 46.9 Å². The Morgan fingerprint density at radius 2 is 2.15 bits per heavy atom. The Morgan fingerprint density at radius 3 is 2.88 bits per heavy atom. The molecular weight excluding hydrogens is 354 g/mol. The van der Waals surface area contributed by atoms with E-state index >= 15 is 0 Å². The van der Waals surface area contributed by atoms with E-state index < -0.39 is 10.0 Å². The lowest BCUT2D eigenvalue weighted by molar-refractivity contribution is 0.0774. The number of hydrogen-bond donors (Lipinski definition) is 1. The predicted molar refractivity (Wildman–Crippen MR) is 98.6 cm³/mol. The van der Waals surface area contributed by atoms with Crippen LogP contribution in [0.4, 0.5) is 0 Å². The van der Waals surface area contributed by atoms with Crippen molar-refractivity contribution in [2.24, 2.45) is 5.92 Å². The minimum atomic E-state index is -3.63. The maximum atomic E-state index is 12.8. The third kappa shape index (κ3) is 4.09. The number of carbonyl (C=O) groups is 1. The number of ether oxygens (including phenoxy) is 1. The predicted octanol–water partition coefficient (Wildman–Crippen LogP) is 0.778. The molecule has 2 unspecified atom stereocenters. The van der Waals surface area contributed by atoms with E-state index in [1.807, 2.05) is 4.90 Å². The van der Waals surface area contributed by atoms with Crippen molar-refractivity contribution in [2.45, 2.75) is 23.8 Å². The molecule has 2 heterocycles. The number of amides is 1. The number of nitrogens with zero attached hydrogens (tertiary/aromatic N) is 2. The normalized spacial score (nSPS) is 23.4. The van der Waals surface area contributed by atoms with E-state index in [1.54, 1.807) is 19.2 Å². The van der Waals surface area contributed by atoms with Crippen LogP contribution >= 0.6 is 0 Å². The van der Waals surface area contributed by atoms with Crippen LogP contribution in [-0.2, 0) is 14.8 Å². The van der Waals surface area contributed by atoms with Gasteiger partial charge in [-0.15, -0.1) is 0 Å². The Labute approximate surface area is 155 Å². The molecule has 2 aliphatic heterocycles. The zero-order chi connectivity index (χ0) is 18.7. The minimum Gasteiger partial charge on any atom is -0.385 e. The zero-order valence-electron chi connectivity index (χ0n) is 15.3. The maximum absolute atomic E-state index is 12.8. The summed E-state index contributed by atoms with van der Waals surface area (Å²) < 4.78 is 32.3. The Balaban J connectivity index is 1.68. The van der Waals surface area contributed by atoms with Crippen molar-refractivity contribution in [1.82, 2.24) is 14.5 Å². The molecule has 0 radical (unpaired) electrons. The lowest BCUT2D eigenvalue weighted by atomic mass is 10.1. The Morgan fingerprint density at radius 1 is 1.35 bits per heavy atom. The fourth-order valence-corrected chi connectivity index (χ4v) is 4.94. The van der Waals surface area contributed by atoms with Gasteiger partial charge in [-0.2, -0.15) is 0 Å². The summed E-state index contributed by atoms with van der Waals surface area (Å²) in [5.74, 6) is 0.433. The summed E-state index contributed by atoms with van der Waals surface area (Å²) in [5.41, 5.74) is 0.424. The summed E-state index contributed by atoms with van der Waals surface area (Å²) in [7, 11) is 0.0469. The van der Waals surface area contributed by atoms with E-state index in [9.17, 15) is 13.2 Å². The Hall–Kier alpha value is -1.48. The van der Waals surface area contributed by atoms with Gasteiger partial charge in [-0.1, -0.05) is 6.07 Å². The molecule has 0 aliphatic carbocycles. The molecule has 144 valence electrons. The molecule has 26 heavy (non-hydrogen) atoms. The number of nitrogens with one attached hydrogen (secondary N) is 1. The average molecular weight is 381 g/mol. The fraction of sp³-hybridized carbons (Fsp3) is 0.611. The SMILES string of the molecule is COCCCNS(=O)(=O)c1cccc(C(=O)N2CC3CCN(C)C3C2)c1. The van der Waals surface area contributed by atoms with Crippen LogP contribution in [-0.4, -0.2) is 77.1 Å². The molecule has 0 spiro atoms. The van der Waals surface area contributed by atoms with Crippen molar-refractivity contribution in [3.05, 3.63) is 29.8 Å². The Kier molecular flexibility index (Phi) is 5.96. The molecule has 2 fully saturated rings. The first-order valence-electron chi connectivity index (χ1n) is 9.00. The van der Waals surface area contributed by atoms with Crippen molar-refractivity contribution in [1.29, 1.82) is 0 Å². The summed E-state index contributed by atoms with van der Waals surface area (Å²) in [5, 5.41) is 0. The van der Waals surface area contributed by atoms with Crippen molar-refractivity contribution < 1.29 is 17.9 Å². The van der Waals surface area contributed by atoms with Gasteiger partial charge >= 0.3 is 0 Å².